The van der Waals surface area contributed by atoms with E-state index in [1.165, 1.54) is 0 Å². The Hall–Kier alpha value is -6.33. The molecular formula is C41H36N8O4S4. The predicted molar refractivity (Wildman–Crippen MR) is 239 cm³/mol. The smallest absolute Gasteiger partial charge is 0.175 e. The molecule has 0 spiro atoms. The first-order chi connectivity index (χ1) is 27.8. The Labute approximate surface area is 347 Å². The van der Waals surface area contributed by atoms with Gasteiger partial charge in [-0.05, 0) is 72.9 Å². The highest BCUT2D eigenvalue weighted by Crippen LogP contribution is 2.33. The van der Waals surface area contributed by atoms with Gasteiger partial charge in [0.15, 0.2) is 5.11 Å². The van der Waals surface area contributed by atoms with Gasteiger partial charge in [0.2, 0.25) is 0 Å². The lowest BCUT2D eigenvalue weighted by Gasteiger charge is -2.14. The van der Waals surface area contributed by atoms with Crippen LogP contribution in [0.3, 0.4) is 0 Å². The third-order valence-electron chi connectivity index (χ3n) is 8.03. The summed E-state index contributed by atoms with van der Waals surface area (Å²) >= 11 is 13.3. The number of hydrogen-bond acceptors (Lipinski definition) is 14. The molecule has 0 aliphatic rings. The van der Waals surface area contributed by atoms with Crippen LogP contribution in [-0.4, -0.2) is 53.5 Å². The van der Waals surface area contributed by atoms with E-state index in [1.54, 1.807) is 87.8 Å². The zero-order valence-electron chi connectivity index (χ0n) is 31.1. The van der Waals surface area contributed by atoms with Gasteiger partial charge in [-0.15, -0.1) is 22.7 Å². The highest BCUT2D eigenvalue weighted by molar-refractivity contribution is 7.80. The number of anilines is 3. The summed E-state index contributed by atoms with van der Waals surface area (Å²) in [6.45, 7) is 0. The van der Waals surface area contributed by atoms with Crippen molar-refractivity contribution in [3.05, 3.63) is 122 Å². The van der Waals surface area contributed by atoms with Gasteiger partial charge < -0.3 is 35.3 Å². The lowest BCUT2D eigenvalue weighted by atomic mass is 10.2. The van der Waals surface area contributed by atoms with Crippen molar-refractivity contribution in [3.8, 4) is 44.1 Å². The number of fused-ring (bicyclic) bond motifs is 2. The summed E-state index contributed by atoms with van der Waals surface area (Å²) in [7, 11) is 6.38. The number of benzene rings is 4. The van der Waals surface area contributed by atoms with Gasteiger partial charge >= 0.3 is 0 Å². The number of ether oxygens (including phenoxy) is 4. The summed E-state index contributed by atoms with van der Waals surface area (Å²) in [5.41, 5.74) is 12.8. The van der Waals surface area contributed by atoms with Crippen molar-refractivity contribution in [2.24, 2.45) is 4.36 Å². The van der Waals surface area contributed by atoms with E-state index in [2.05, 4.69) is 47.4 Å². The fourth-order valence-corrected chi connectivity index (χ4v) is 7.49. The van der Waals surface area contributed by atoms with Crippen LogP contribution in [0.4, 0.5) is 22.7 Å². The average Bonchev–Trinajstić information content (AvgIpc) is 3.89. The Balaban J connectivity index is 0.000000164. The molecule has 0 saturated heterocycles. The van der Waals surface area contributed by atoms with E-state index in [-0.39, 0.29) is 0 Å². The topological polar surface area (TPSA) is 151 Å². The summed E-state index contributed by atoms with van der Waals surface area (Å²) in [5, 5.41) is 8.75. The molecule has 8 rings (SSSR count). The average molecular weight is 833 g/mol. The van der Waals surface area contributed by atoms with E-state index in [4.69, 9.17) is 36.9 Å². The van der Waals surface area contributed by atoms with Gasteiger partial charge in [-0.1, -0.05) is 24.3 Å². The molecule has 0 radical (unpaired) electrons. The van der Waals surface area contributed by atoms with E-state index < -0.39 is 0 Å². The molecule has 12 nitrogen and oxygen atoms in total. The molecule has 57 heavy (non-hydrogen) atoms. The fourth-order valence-electron chi connectivity index (χ4n) is 5.26. The second-order valence-electron chi connectivity index (χ2n) is 11.7. The summed E-state index contributed by atoms with van der Waals surface area (Å²) in [4.78, 5) is 17.5. The molecule has 0 fully saturated rings. The van der Waals surface area contributed by atoms with Crippen molar-refractivity contribution < 1.29 is 18.9 Å². The van der Waals surface area contributed by atoms with Gasteiger partial charge in [0.05, 0.1) is 54.6 Å². The predicted octanol–water partition coefficient (Wildman–Crippen LogP) is 10.2. The minimum absolute atomic E-state index is 0.458. The van der Waals surface area contributed by atoms with Crippen LogP contribution in [0.5, 0.6) is 23.0 Å². The van der Waals surface area contributed by atoms with Gasteiger partial charge in [0.25, 0.3) is 0 Å². The maximum atomic E-state index is 5.75. The number of nitrogens with two attached hydrogens (primary N) is 1. The summed E-state index contributed by atoms with van der Waals surface area (Å²) in [5.74, 6) is 2.72. The molecule has 0 aliphatic carbocycles. The molecule has 4 aromatic carbocycles. The van der Waals surface area contributed by atoms with Crippen LogP contribution in [0, 0.1) is 0 Å². The molecule has 0 aliphatic heterocycles. The monoisotopic (exact) mass is 832 g/mol. The van der Waals surface area contributed by atoms with Crippen molar-refractivity contribution >= 4 is 95.6 Å². The molecule has 0 atom stereocenters. The summed E-state index contributed by atoms with van der Waals surface area (Å²) < 4.78 is 26.4. The number of nitrogens with one attached hydrogen (secondary N) is 2. The number of thiazole rings is 2. The van der Waals surface area contributed by atoms with Crippen molar-refractivity contribution in [3.63, 3.8) is 0 Å². The van der Waals surface area contributed by atoms with Crippen molar-refractivity contribution in [1.82, 2.24) is 19.9 Å². The molecule has 0 unspecified atom stereocenters. The van der Waals surface area contributed by atoms with E-state index >= 15 is 0 Å². The van der Waals surface area contributed by atoms with Gasteiger partial charge in [-0.2, -0.15) is 4.36 Å². The molecule has 288 valence electrons. The van der Waals surface area contributed by atoms with E-state index in [9.17, 15) is 0 Å². The lowest BCUT2D eigenvalue weighted by molar-refractivity contribution is 0.395. The van der Waals surface area contributed by atoms with E-state index in [0.29, 0.717) is 28.0 Å². The standard InChI is InChI=1S/C21H18N4O2S2.C12H9N3S.C8H9NO2S/c1-26-15-6-7-16(18(11-15)27-2)25-21(28)23-14-5-3-4-13(10-14)20-24-17-8-9-22-12-19(17)29-20;13-9-3-1-2-8(6-9)12-15-10-4-5-14-7-11(10)16-12;1-10-6-3-4-7(9-12)8(5-6)11-2/h3-12H,1-2H3,(H2,23,25,28);1-7H,13H2;3-5H,1-2H3. The minimum atomic E-state index is 0.458. The Bertz CT molecular complexity index is 2570. The fraction of sp³-hybridized carbons (Fsp3) is 0.0976. The molecule has 0 bridgehead atoms. The third kappa shape index (κ3) is 10.5. The number of pyridine rings is 2. The second-order valence-corrected chi connectivity index (χ2v) is 14.4. The molecule has 4 heterocycles. The quantitative estimate of drug-likeness (QED) is 0.0936. The Morgan fingerprint density at radius 3 is 1.79 bits per heavy atom. The molecule has 8 aromatic rings. The van der Waals surface area contributed by atoms with Crippen molar-refractivity contribution in [2.45, 2.75) is 0 Å². The van der Waals surface area contributed by atoms with Crippen molar-refractivity contribution in [2.75, 3.05) is 44.8 Å². The van der Waals surface area contributed by atoms with Crippen LogP contribution in [0.25, 0.3) is 41.6 Å². The molecule has 0 amide bonds. The SMILES string of the molecule is COc1ccc(N=S)c(OC)c1.COc1ccc(NC(=S)Nc2cccc(-c3nc4ccncc4s3)c2)c(OC)c1.Nc1cccc(-c2nc3ccncc3s2)c1. The molecular weight excluding hydrogens is 797 g/mol. The van der Waals surface area contributed by atoms with Crippen LogP contribution in [0.1, 0.15) is 0 Å². The Kier molecular flexibility index (Phi) is 13.8. The number of aromatic nitrogens is 4. The number of thiocarbonyl (C=S) groups is 1. The largest absolute Gasteiger partial charge is 0.497 e. The maximum Gasteiger partial charge on any atom is 0.175 e. The number of rotatable bonds is 9. The van der Waals surface area contributed by atoms with Gasteiger partial charge in [-0.3, -0.25) is 9.97 Å². The van der Waals surface area contributed by atoms with Crippen LogP contribution in [-0.2, 0) is 12.4 Å². The second kappa shape index (κ2) is 19.5. The zero-order valence-corrected chi connectivity index (χ0v) is 34.4. The van der Waals surface area contributed by atoms with Crippen LogP contribution in [0.2, 0.25) is 0 Å². The molecule has 0 saturated carbocycles. The van der Waals surface area contributed by atoms with Crippen molar-refractivity contribution in [1.29, 1.82) is 0 Å². The maximum absolute atomic E-state index is 5.75. The highest BCUT2D eigenvalue weighted by atomic mass is 32.1. The summed E-state index contributed by atoms with van der Waals surface area (Å²) in [6, 6.07) is 30.4. The third-order valence-corrected chi connectivity index (χ3v) is 10.5. The molecule has 4 N–H and O–H groups in total. The Morgan fingerprint density at radius 2 is 1.23 bits per heavy atom. The molecule has 16 heteroatoms. The number of nitrogens with zero attached hydrogens (tertiary/aromatic N) is 5. The zero-order chi connectivity index (χ0) is 40.1. The summed E-state index contributed by atoms with van der Waals surface area (Å²) in [6.07, 6.45) is 7.18. The van der Waals surface area contributed by atoms with Crippen LogP contribution < -0.4 is 35.3 Å². The van der Waals surface area contributed by atoms with Gasteiger partial charge in [-0.25, -0.2) is 9.97 Å². The highest BCUT2D eigenvalue weighted by Gasteiger charge is 2.10. The van der Waals surface area contributed by atoms with E-state index in [1.807, 2.05) is 85.2 Å². The minimum Gasteiger partial charge on any atom is -0.497 e. The first-order valence-electron chi connectivity index (χ1n) is 17.0. The van der Waals surface area contributed by atoms with Gasteiger partial charge in [0, 0.05) is 71.8 Å². The van der Waals surface area contributed by atoms with E-state index in [0.717, 1.165) is 64.4 Å². The Morgan fingerprint density at radius 1 is 0.649 bits per heavy atom. The van der Waals surface area contributed by atoms with Crippen LogP contribution in [0.15, 0.2) is 126 Å². The number of methoxy groups -OCH3 is 4. The number of nitrogen functional groups attached to an aromatic ring is 1. The van der Waals surface area contributed by atoms with Crippen LogP contribution >= 0.6 is 34.9 Å². The first kappa shape index (κ1) is 40.3. The normalized spacial score (nSPS) is 10.3. The first-order valence-corrected chi connectivity index (χ1v) is 19.4. The molecule has 4 aromatic heterocycles. The lowest BCUT2D eigenvalue weighted by Crippen LogP contribution is -2.19. The number of hydrogen-bond donors (Lipinski definition) is 3. The van der Waals surface area contributed by atoms with Gasteiger partial charge in [0.1, 0.15) is 38.7 Å².